The van der Waals surface area contributed by atoms with E-state index in [1.807, 2.05) is 6.92 Å². The average Bonchev–Trinajstić information content (AvgIpc) is 3.02. The molecule has 0 aliphatic carbocycles. The van der Waals surface area contributed by atoms with E-state index >= 15 is 0 Å². The van der Waals surface area contributed by atoms with Gasteiger partial charge in [-0.3, -0.25) is 4.79 Å². The second-order valence-electron chi connectivity index (χ2n) is 11.0. The van der Waals surface area contributed by atoms with Crippen molar-refractivity contribution >= 4 is 5.91 Å². The fourth-order valence-corrected chi connectivity index (χ4v) is 5.10. The third-order valence-corrected chi connectivity index (χ3v) is 7.76. The van der Waals surface area contributed by atoms with Gasteiger partial charge in [0.1, 0.15) is 73.2 Å². The first-order valence-corrected chi connectivity index (χ1v) is 14.7. The number of hydrogen-bond donors (Lipinski definition) is 11. The molecule has 3 aliphatic rings. The van der Waals surface area contributed by atoms with Gasteiger partial charge in [0.05, 0.1) is 26.4 Å². The van der Waals surface area contributed by atoms with Crippen LogP contribution in [0.4, 0.5) is 0 Å². The van der Waals surface area contributed by atoms with E-state index in [-0.39, 0.29) is 12.5 Å². The van der Waals surface area contributed by atoms with Crippen molar-refractivity contribution in [2.24, 2.45) is 0 Å². The third-order valence-electron chi connectivity index (χ3n) is 7.76. The lowest BCUT2D eigenvalue weighted by Gasteiger charge is -2.48. The Morgan fingerprint density at radius 1 is 0.636 bits per heavy atom. The summed E-state index contributed by atoms with van der Waals surface area (Å²) >= 11 is 0. The highest BCUT2D eigenvalue weighted by Gasteiger charge is 2.53. The molecular formula is C26H47NO17. The van der Waals surface area contributed by atoms with E-state index in [2.05, 4.69) is 5.32 Å². The van der Waals surface area contributed by atoms with Crippen molar-refractivity contribution in [2.45, 2.75) is 125 Å². The number of carbonyl (C=O) groups is 1. The molecule has 44 heavy (non-hydrogen) atoms. The van der Waals surface area contributed by atoms with E-state index in [0.717, 1.165) is 12.8 Å². The topological polar surface area (TPSA) is 287 Å². The molecule has 0 saturated carbocycles. The molecule has 11 N–H and O–H groups in total. The standard InChI is InChI=1S/C26H47NO17/c1-2-3-5-14(31)27-6-4-7-39-24-20(37)18(35)22(13(10-30)42-24)43-26-21(38)23(16(33)12(9-29)41-26)44-25-19(36)17(34)15(32)11(8-28)40-25/h11-13,15-26,28-30,32-38H,2-10H2,1H3,(H,27,31)/t11?,12?,13?,15-,16-,17?,18?,19?,20?,21?,22+,23?,24+,25+,26?/m0/s1. The lowest BCUT2D eigenvalue weighted by atomic mass is 9.96. The van der Waals surface area contributed by atoms with Crippen molar-refractivity contribution in [1.82, 2.24) is 5.32 Å². The molecule has 18 nitrogen and oxygen atoms in total. The van der Waals surface area contributed by atoms with E-state index in [0.29, 0.717) is 19.4 Å². The van der Waals surface area contributed by atoms with E-state index in [9.17, 15) is 55.9 Å². The van der Waals surface area contributed by atoms with Crippen molar-refractivity contribution in [3.63, 3.8) is 0 Å². The van der Waals surface area contributed by atoms with Crippen LogP contribution < -0.4 is 5.32 Å². The molecule has 18 heteroatoms. The fraction of sp³-hybridized carbons (Fsp3) is 0.962. The van der Waals surface area contributed by atoms with Gasteiger partial charge in [0, 0.05) is 13.0 Å². The Morgan fingerprint density at radius 2 is 1.18 bits per heavy atom. The molecule has 10 unspecified atom stereocenters. The van der Waals surface area contributed by atoms with Crippen LogP contribution in [0, 0.1) is 0 Å². The molecule has 0 aromatic carbocycles. The summed E-state index contributed by atoms with van der Waals surface area (Å²) in [5, 5.41) is 105. The summed E-state index contributed by atoms with van der Waals surface area (Å²) in [6.07, 6.45) is -22.3. The van der Waals surface area contributed by atoms with Crippen LogP contribution in [0.25, 0.3) is 0 Å². The van der Waals surface area contributed by atoms with E-state index in [1.165, 1.54) is 0 Å². The maximum absolute atomic E-state index is 11.7. The van der Waals surface area contributed by atoms with Crippen LogP contribution in [0.5, 0.6) is 0 Å². The van der Waals surface area contributed by atoms with Crippen molar-refractivity contribution in [3.05, 3.63) is 0 Å². The van der Waals surface area contributed by atoms with Crippen LogP contribution in [0.1, 0.15) is 32.6 Å². The first kappa shape index (κ1) is 37.3. The Hall–Kier alpha value is -1.17. The normalized spacial score (nSPS) is 43.1. The monoisotopic (exact) mass is 645 g/mol. The lowest BCUT2D eigenvalue weighted by Crippen LogP contribution is -2.66. The van der Waals surface area contributed by atoms with Crippen molar-refractivity contribution < 1.29 is 84.3 Å². The Balaban J connectivity index is 1.62. The lowest BCUT2D eigenvalue weighted by molar-refractivity contribution is -0.380. The van der Waals surface area contributed by atoms with Crippen molar-refractivity contribution in [1.29, 1.82) is 0 Å². The number of hydrogen-bond acceptors (Lipinski definition) is 17. The highest BCUT2D eigenvalue weighted by atomic mass is 16.8. The van der Waals surface area contributed by atoms with Gasteiger partial charge in [-0.15, -0.1) is 0 Å². The second kappa shape index (κ2) is 17.7. The van der Waals surface area contributed by atoms with Crippen LogP contribution in [-0.2, 0) is 33.2 Å². The van der Waals surface area contributed by atoms with E-state index in [4.69, 9.17) is 28.4 Å². The van der Waals surface area contributed by atoms with Gasteiger partial charge in [-0.1, -0.05) is 13.3 Å². The molecular weight excluding hydrogens is 598 g/mol. The van der Waals surface area contributed by atoms with Crippen LogP contribution >= 0.6 is 0 Å². The highest BCUT2D eigenvalue weighted by molar-refractivity contribution is 5.75. The summed E-state index contributed by atoms with van der Waals surface area (Å²) in [5.74, 6) is -0.0968. The minimum atomic E-state index is -1.91. The van der Waals surface area contributed by atoms with Gasteiger partial charge >= 0.3 is 0 Å². The van der Waals surface area contributed by atoms with Gasteiger partial charge < -0.3 is 84.8 Å². The summed E-state index contributed by atoms with van der Waals surface area (Å²) in [7, 11) is 0. The number of aliphatic hydroxyl groups excluding tert-OH is 10. The summed E-state index contributed by atoms with van der Waals surface area (Å²) in [6.45, 7) is 0.00179. The predicted octanol–water partition coefficient (Wildman–Crippen LogP) is -5.85. The molecule has 3 heterocycles. The smallest absolute Gasteiger partial charge is 0.219 e. The van der Waals surface area contributed by atoms with Gasteiger partial charge in [0.15, 0.2) is 18.9 Å². The molecule has 3 rings (SSSR count). The van der Waals surface area contributed by atoms with Crippen LogP contribution in [-0.4, -0.2) is 182 Å². The van der Waals surface area contributed by atoms with Gasteiger partial charge in [0.2, 0.25) is 5.91 Å². The molecule has 1 amide bonds. The maximum atomic E-state index is 11.7. The first-order valence-electron chi connectivity index (χ1n) is 14.7. The largest absolute Gasteiger partial charge is 0.394 e. The first-order chi connectivity index (χ1) is 21.0. The number of ether oxygens (including phenoxy) is 6. The Morgan fingerprint density at radius 3 is 1.80 bits per heavy atom. The second-order valence-corrected chi connectivity index (χ2v) is 11.0. The number of carbonyl (C=O) groups excluding carboxylic acids is 1. The number of nitrogens with one attached hydrogen (secondary N) is 1. The summed E-state index contributed by atoms with van der Waals surface area (Å²) in [6, 6.07) is 0. The third kappa shape index (κ3) is 9.00. The SMILES string of the molecule is CCCCC(=O)NCCCO[C@@H]1OC(CO)[C@@H](OC2OC(CO)[C@H](O)C(O[C@H]3OC(CO)[C@H](O)C(O)C3O)C2O)C(O)C1O. The highest BCUT2D eigenvalue weighted by Crippen LogP contribution is 2.32. The zero-order valence-electron chi connectivity index (χ0n) is 24.4. The average molecular weight is 646 g/mol. The minimum Gasteiger partial charge on any atom is -0.394 e. The Kier molecular flexibility index (Phi) is 15.0. The van der Waals surface area contributed by atoms with Gasteiger partial charge in [0.25, 0.3) is 0 Å². The molecule has 3 saturated heterocycles. The van der Waals surface area contributed by atoms with Gasteiger partial charge in [-0.05, 0) is 12.8 Å². The zero-order chi connectivity index (χ0) is 32.6. The van der Waals surface area contributed by atoms with E-state index in [1.54, 1.807) is 0 Å². The quantitative estimate of drug-likeness (QED) is 0.0739. The van der Waals surface area contributed by atoms with Crippen LogP contribution in [0.3, 0.4) is 0 Å². The predicted molar refractivity (Wildman–Crippen MR) is 142 cm³/mol. The Labute approximate surface area is 253 Å². The molecule has 0 spiro atoms. The van der Waals surface area contributed by atoms with E-state index < -0.39 is 112 Å². The van der Waals surface area contributed by atoms with Crippen LogP contribution in [0.15, 0.2) is 0 Å². The van der Waals surface area contributed by atoms with Gasteiger partial charge in [-0.25, -0.2) is 0 Å². The minimum absolute atomic E-state index is 0.0314. The summed E-state index contributed by atoms with van der Waals surface area (Å²) in [5.41, 5.74) is 0. The molecule has 0 aromatic rings. The molecule has 3 fully saturated rings. The molecule has 15 atom stereocenters. The molecule has 0 aromatic heterocycles. The number of unbranched alkanes of at least 4 members (excludes halogenated alkanes) is 1. The fourth-order valence-electron chi connectivity index (χ4n) is 5.10. The molecule has 0 radical (unpaired) electrons. The number of amides is 1. The van der Waals surface area contributed by atoms with Crippen molar-refractivity contribution in [3.8, 4) is 0 Å². The molecule has 258 valence electrons. The molecule has 0 bridgehead atoms. The molecule has 3 aliphatic heterocycles. The van der Waals surface area contributed by atoms with Gasteiger partial charge in [-0.2, -0.15) is 0 Å². The number of rotatable bonds is 15. The summed E-state index contributed by atoms with van der Waals surface area (Å²) < 4.78 is 33.0. The maximum Gasteiger partial charge on any atom is 0.219 e. The van der Waals surface area contributed by atoms with Crippen LogP contribution in [0.2, 0.25) is 0 Å². The number of aliphatic hydroxyl groups is 10. The summed E-state index contributed by atoms with van der Waals surface area (Å²) in [4.78, 5) is 11.7. The zero-order valence-corrected chi connectivity index (χ0v) is 24.4. The van der Waals surface area contributed by atoms with Crippen molar-refractivity contribution in [2.75, 3.05) is 33.0 Å². The Bertz CT molecular complexity index is 853.